The number of benzene rings is 2. The Bertz CT molecular complexity index is 865. The highest BCUT2D eigenvalue weighted by Gasteiger charge is 2.44. The number of aromatic hydroxyl groups is 1. The summed E-state index contributed by atoms with van der Waals surface area (Å²) >= 11 is 0. The van der Waals surface area contributed by atoms with Crippen molar-refractivity contribution in [1.29, 1.82) is 0 Å². The van der Waals surface area contributed by atoms with Crippen LogP contribution in [-0.2, 0) is 11.2 Å². The van der Waals surface area contributed by atoms with Crippen LogP contribution in [0.2, 0.25) is 0 Å². The predicted molar refractivity (Wildman–Crippen MR) is 104 cm³/mol. The van der Waals surface area contributed by atoms with Gasteiger partial charge >= 0.3 is 0 Å². The average molecular weight is 420 g/mol. The molecule has 162 valence electrons. The Morgan fingerprint density at radius 3 is 2.27 bits per heavy atom. The fourth-order valence-electron chi connectivity index (χ4n) is 3.14. The van der Waals surface area contributed by atoms with E-state index in [1.54, 1.807) is 31.4 Å². The van der Waals surface area contributed by atoms with Crippen LogP contribution in [0.4, 0.5) is 0 Å². The van der Waals surface area contributed by atoms with Crippen molar-refractivity contribution in [2.75, 3.05) is 13.7 Å². The molecule has 5 N–H and O–H groups in total. The van der Waals surface area contributed by atoms with Crippen LogP contribution < -0.4 is 9.47 Å². The maximum Gasteiger partial charge on any atom is 0.229 e. The summed E-state index contributed by atoms with van der Waals surface area (Å²) in [6, 6.07) is 10.9. The average Bonchev–Trinajstić information content (AvgIpc) is 2.74. The van der Waals surface area contributed by atoms with E-state index in [9.17, 15) is 30.3 Å². The lowest BCUT2D eigenvalue weighted by Gasteiger charge is -2.39. The zero-order chi connectivity index (χ0) is 21.8. The number of phenols is 1. The Balaban J connectivity index is 1.69. The van der Waals surface area contributed by atoms with Gasteiger partial charge in [-0.25, -0.2) is 0 Å². The van der Waals surface area contributed by atoms with Gasteiger partial charge in [0.05, 0.1) is 19.3 Å². The number of hydrogen-bond acceptors (Lipinski definition) is 9. The number of rotatable bonds is 7. The Morgan fingerprint density at radius 2 is 1.67 bits per heavy atom. The number of Topliss-reactive ketones (excluding diaryl/α,β-unsaturated/α-hetero) is 1. The minimum absolute atomic E-state index is 0.0674. The van der Waals surface area contributed by atoms with E-state index in [0.717, 1.165) is 5.56 Å². The number of carbonyl (C=O) groups is 1. The summed E-state index contributed by atoms with van der Waals surface area (Å²) in [5.41, 5.74) is 0.841. The third kappa shape index (κ3) is 4.72. The summed E-state index contributed by atoms with van der Waals surface area (Å²) in [4.78, 5) is 12.5. The molecule has 1 saturated heterocycles. The van der Waals surface area contributed by atoms with Gasteiger partial charge in [-0.3, -0.25) is 4.79 Å². The van der Waals surface area contributed by atoms with Crippen LogP contribution in [0, 0.1) is 0 Å². The van der Waals surface area contributed by atoms with Crippen molar-refractivity contribution in [2.24, 2.45) is 0 Å². The SMILES string of the molecule is COc1ccc(CC(=O)c2ccc(O[C@@H]3O[C@H](CO)[C@@H](O)[C@H](O)[C@H]3O)cc2O)cc1. The van der Waals surface area contributed by atoms with Crippen LogP contribution in [0.5, 0.6) is 17.2 Å². The molecule has 0 radical (unpaired) electrons. The van der Waals surface area contributed by atoms with Crippen molar-refractivity contribution in [1.82, 2.24) is 0 Å². The fourth-order valence-corrected chi connectivity index (χ4v) is 3.14. The zero-order valence-corrected chi connectivity index (χ0v) is 16.2. The van der Waals surface area contributed by atoms with Gasteiger partial charge in [-0.05, 0) is 29.8 Å². The number of methoxy groups -OCH3 is 1. The lowest BCUT2D eigenvalue weighted by atomic mass is 9.99. The normalized spacial score (nSPS) is 26.2. The molecule has 0 aromatic heterocycles. The summed E-state index contributed by atoms with van der Waals surface area (Å²) in [5, 5.41) is 49.1. The Labute approximate surface area is 172 Å². The smallest absolute Gasteiger partial charge is 0.229 e. The van der Waals surface area contributed by atoms with Gasteiger partial charge in [-0.2, -0.15) is 0 Å². The number of carbonyl (C=O) groups excluding carboxylic acids is 1. The molecule has 1 heterocycles. The first-order chi connectivity index (χ1) is 14.3. The molecule has 0 spiro atoms. The highest BCUT2D eigenvalue weighted by molar-refractivity contribution is 6.00. The second-order valence-corrected chi connectivity index (χ2v) is 6.94. The largest absolute Gasteiger partial charge is 0.507 e. The molecule has 0 bridgehead atoms. The van der Waals surface area contributed by atoms with E-state index >= 15 is 0 Å². The van der Waals surface area contributed by atoms with Gasteiger partial charge in [-0.1, -0.05) is 12.1 Å². The lowest BCUT2D eigenvalue weighted by molar-refractivity contribution is -0.277. The third-order valence-electron chi connectivity index (χ3n) is 4.89. The number of phenolic OH excluding ortho intramolecular Hbond substituents is 1. The van der Waals surface area contributed by atoms with E-state index in [-0.39, 0.29) is 29.3 Å². The van der Waals surface area contributed by atoms with Gasteiger partial charge in [0.1, 0.15) is 41.7 Å². The van der Waals surface area contributed by atoms with Gasteiger partial charge in [0.2, 0.25) is 6.29 Å². The molecular formula is C21H24O9. The molecule has 9 nitrogen and oxygen atoms in total. The first-order valence-electron chi connectivity index (χ1n) is 9.30. The standard InChI is InChI=1S/C21H24O9/c1-28-12-4-2-11(3-5-12)8-15(23)14-7-6-13(9-16(14)24)29-21-20(27)19(26)18(25)17(10-22)30-21/h2-7,9,17-22,24-27H,8,10H2,1H3/t17-,18-,19+,20-,21-/m1/s1. The van der Waals surface area contributed by atoms with E-state index in [2.05, 4.69) is 0 Å². The first kappa shape index (κ1) is 22.0. The van der Waals surface area contributed by atoms with Gasteiger partial charge in [0, 0.05) is 12.5 Å². The maximum absolute atomic E-state index is 12.5. The van der Waals surface area contributed by atoms with Gasteiger partial charge < -0.3 is 39.7 Å². The van der Waals surface area contributed by atoms with E-state index in [1.165, 1.54) is 18.2 Å². The highest BCUT2D eigenvalue weighted by atomic mass is 16.7. The molecule has 0 saturated carbocycles. The number of hydrogen-bond donors (Lipinski definition) is 5. The highest BCUT2D eigenvalue weighted by Crippen LogP contribution is 2.29. The van der Waals surface area contributed by atoms with Crippen molar-refractivity contribution in [3.63, 3.8) is 0 Å². The topological polar surface area (TPSA) is 146 Å². The molecule has 9 heteroatoms. The number of aliphatic hydroxyl groups is 4. The lowest BCUT2D eigenvalue weighted by Crippen LogP contribution is -2.60. The minimum Gasteiger partial charge on any atom is -0.507 e. The molecule has 0 unspecified atom stereocenters. The van der Waals surface area contributed by atoms with Crippen LogP contribution in [0.25, 0.3) is 0 Å². The molecule has 3 rings (SSSR count). The van der Waals surface area contributed by atoms with Gasteiger partial charge in [0.25, 0.3) is 0 Å². The van der Waals surface area contributed by atoms with Crippen molar-refractivity contribution in [2.45, 2.75) is 37.1 Å². The van der Waals surface area contributed by atoms with Crippen LogP contribution in [0.3, 0.4) is 0 Å². The molecule has 2 aromatic carbocycles. The van der Waals surface area contributed by atoms with Gasteiger partial charge in [0.15, 0.2) is 5.78 Å². The van der Waals surface area contributed by atoms with Crippen LogP contribution in [0.15, 0.2) is 42.5 Å². The molecule has 1 aliphatic heterocycles. The molecule has 2 aromatic rings. The Kier molecular flexibility index (Phi) is 6.91. The second kappa shape index (κ2) is 9.41. The quantitative estimate of drug-likeness (QED) is 0.391. The number of ether oxygens (including phenoxy) is 3. The second-order valence-electron chi connectivity index (χ2n) is 6.94. The van der Waals surface area contributed by atoms with E-state index in [0.29, 0.717) is 5.75 Å². The third-order valence-corrected chi connectivity index (χ3v) is 4.89. The molecular weight excluding hydrogens is 396 g/mol. The van der Waals surface area contributed by atoms with Crippen molar-refractivity contribution >= 4 is 5.78 Å². The van der Waals surface area contributed by atoms with Crippen molar-refractivity contribution in [3.05, 3.63) is 53.6 Å². The Morgan fingerprint density at radius 1 is 1.00 bits per heavy atom. The first-order valence-corrected chi connectivity index (χ1v) is 9.30. The number of ketones is 1. The summed E-state index contributed by atoms with van der Waals surface area (Å²) in [5.74, 6) is 0.106. The molecule has 0 amide bonds. The summed E-state index contributed by atoms with van der Waals surface area (Å²) in [6.45, 7) is -0.588. The predicted octanol–water partition coefficient (Wildman–Crippen LogP) is 0.00490. The number of aliphatic hydroxyl groups excluding tert-OH is 4. The zero-order valence-electron chi connectivity index (χ0n) is 16.2. The van der Waals surface area contributed by atoms with Crippen molar-refractivity contribution in [3.8, 4) is 17.2 Å². The maximum atomic E-state index is 12.5. The molecule has 5 atom stereocenters. The van der Waals surface area contributed by atoms with Crippen LogP contribution >= 0.6 is 0 Å². The minimum atomic E-state index is -1.58. The van der Waals surface area contributed by atoms with Crippen LogP contribution in [0.1, 0.15) is 15.9 Å². The van der Waals surface area contributed by atoms with E-state index in [1.807, 2.05) is 0 Å². The summed E-state index contributed by atoms with van der Waals surface area (Å²) < 4.78 is 15.8. The van der Waals surface area contributed by atoms with E-state index < -0.39 is 37.3 Å². The van der Waals surface area contributed by atoms with Gasteiger partial charge in [-0.15, -0.1) is 0 Å². The fraction of sp³-hybridized carbons (Fsp3) is 0.381. The summed E-state index contributed by atoms with van der Waals surface area (Å²) in [7, 11) is 1.55. The summed E-state index contributed by atoms with van der Waals surface area (Å²) in [6.07, 6.45) is -7.10. The molecule has 1 aliphatic rings. The molecule has 30 heavy (non-hydrogen) atoms. The van der Waals surface area contributed by atoms with E-state index in [4.69, 9.17) is 14.2 Å². The van der Waals surface area contributed by atoms with Crippen LogP contribution in [-0.4, -0.2) is 75.7 Å². The molecule has 1 fully saturated rings. The molecule has 0 aliphatic carbocycles. The monoisotopic (exact) mass is 420 g/mol. The Hall–Kier alpha value is -2.69. The van der Waals surface area contributed by atoms with Crippen molar-refractivity contribution < 1.29 is 44.5 Å².